The van der Waals surface area contributed by atoms with Crippen molar-refractivity contribution in [3.63, 3.8) is 0 Å². The molecular formula is C10H18N4O3. The van der Waals surface area contributed by atoms with Gasteiger partial charge in [-0.1, -0.05) is 5.10 Å². The summed E-state index contributed by atoms with van der Waals surface area (Å²) >= 11 is 0. The lowest BCUT2D eigenvalue weighted by atomic mass is 10.3. The Kier molecular flexibility index (Phi) is 3.60. The molecule has 1 saturated heterocycles. The van der Waals surface area contributed by atoms with Crippen molar-refractivity contribution in [3.05, 3.63) is 5.89 Å². The zero-order chi connectivity index (χ0) is 12.4. The third kappa shape index (κ3) is 2.41. The van der Waals surface area contributed by atoms with E-state index in [1.54, 1.807) is 21.1 Å². The number of rotatable bonds is 4. The van der Waals surface area contributed by atoms with Gasteiger partial charge >= 0.3 is 6.01 Å². The fourth-order valence-electron chi connectivity index (χ4n) is 1.89. The van der Waals surface area contributed by atoms with Crippen molar-refractivity contribution in [2.24, 2.45) is 5.73 Å². The van der Waals surface area contributed by atoms with Crippen LogP contribution in [0.4, 0.5) is 6.01 Å². The second kappa shape index (κ2) is 4.99. The number of nitrogens with zero attached hydrogens (tertiary/aromatic N) is 3. The second-order valence-electron chi connectivity index (χ2n) is 4.16. The van der Waals surface area contributed by atoms with Crippen LogP contribution in [0.1, 0.15) is 18.9 Å². The first-order chi connectivity index (χ1) is 8.15. The van der Waals surface area contributed by atoms with Crippen LogP contribution >= 0.6 is 0 Å². The van der Waals surface area contributed by atoms with Gasteiger partial charge in [0, 0.05) is 14.2 Å². The largest absolute Gasteiger partial charge is 0.406 e. The number of anilines is 1. The van der Waals surface area contributed by atoms with E-state index in [9.17, 15) is 0 Å². The third-order valence-corrected chi connectivity index (χ3v) is 2.91. The lowest BCUT2D eigenvalue weighted by Crippen LogP contribution is -2.27. The Morgan fingerprint density at radius 1 is 1.29 bits per heavy atom. The molecule has 17 heavy (non-hydrogen) atoms. The summed E-state index contributed by atoms with van der Waals surface area (Å²) < 4.78 is 16.2. The lowest BCUT2D eigenvalue weighted by Gasteiger charge is -2.13. The molecule has 1 aliphatic heterocycles. The minimum absolute atomic E-state index is 0.0191. The first-order valence-electron chi connectivity index (χ1n) is 5.55. The number of methoxy groups -OCH3 is 2. The maximum atomic E-state index is 5.67. The van der Waals surface area contributed by atoms with Gasteiger partial charge in [-0.2, -0.15) is 0 Å². The highest BCUT2D eigenvalue weighted by Gasteiger charge is 2.35. The van der Waals surface area contributed by atoms with Crippen molar-refractivity contribution >= 4 is 6.01 Å². The van der Waals surface area contributed by atoms with Crippen LogP contribution < -0.4 is 10.6 Å². The quantitative estimate of drug-likeness (QED) is 0.791. The molecule has 3 atom stereocenters. The summed E-state index contributed by atoms with van der Waals surface area (Å²) in [6.07, 6.45) is 0.0382. The second-order valence-corrected chi connectivity index (χ2v) is 4.16. The minimum Gasteiger partial charge on any atom is -0.406 e. The molecule has 0 radical (unpaired) electrons. The SMILES string of the molecule is COC1CN(c2nnc(C(C)N)o2)CC1OC. The van der Waals surface area contributed by atoms with Crippen LogP contribution in [0, 0.1) is 0 Å². The molecule has 96 valence electrons. The summed E-state index contributed by atoms with van der Waals surface area (Å²) in [5.74, 6) is 0.440. The highest BCUT2D eigenvalue weighted by molar-refractivity contribution is 5.28. The smallest absolute Gasteiger partial charge is 0.318 e. The number of hydrogen-bond acceptors (Lipinski definition) is 7. The van der Waals surface area contributed by atoms with Crippen LogP contribution in [-0.2, 0) is 9.47 Å². The molecular weight excluding hydrogens is 224 g/mol. The number of nitrogens with two attached hydrogens (primary N) is 1. The Labute approximate surface area is 99.9 Å². The minimum atomic E-state index is -0.254. The van der Waals surface area contributed by atoms with Gasteiger partial charge in [0.05, 0.1) is 19.1 Å². The predicted octanol–water partition coefficient (Wildman–Crippen LogP) is -0.0607. The molecule has 2 heterocycles. The van der Waals surface area contributed by atoms with E-state index in [-0.39, 0.29) is 18.2 Å². The molecule has 0 amide bonds. The van der Waals surface area contributed by atoms with Crippen LogP contribution in [0.25, 0.3) is 0 Å². The van der Waals surface area contributed by atoms with E-state index in [1.165, 1.54) is 0 Å². The van der Waals surface area contributed by atoms with Crippen molar-refractivity contribution in [1.82, 2.24) is 10.2 Å². The van der Waals surface area contributed by atoms with Crippen molar-refractivity contribution < 1.29 is 13.9 Å². The highest BCUT2D eigenvalue weighted by Crippen LogP contribution is 2.23. The summed E-state index contributed by atoms with van der Waals surface area (Å²) in [5, 5.41) is 7.87. The predicted molar refractivity (Wildman–Crippen MR) is 60.7 cm³/mol. The molecule has 3 unspecified atom stereocenters. The van der Waals surface area contributed by atoms with Gasteiger partial charge < -0.3 is 24.5 Å². The molecule has 1 aromatic heterocycles. The molecule has 7 nitrogen and oxygen atoms in total. The number of ether oxygens (including phenoxy) is 2. The Morgan fingerprint density at radius 3 is 2.29 bits per heavy atom. The van der Waals surface area contributed by atoms with Crippen LogP contribution in [-0.4, -0.2) is 49.7 Å². The Bertz CT molecular complexity index is 356. The maximum absolute atomic E-state index is 5.67. The van der Waals surface area contributed by atoms with Crippen LogP contribution in [0.3, 0.4) is 0 Å². The van der Waals surface area contributed by atoms with E-state index in [2.05, 4.69) is 10.2 Å². The van der Waals surface area contributed by atoms with Gasteiger partial charge in [0.15, 0.2) is 0 Å². The van der Waals surface area contributed by atoms with E-state index < -0.39 is 0 Å². The van der Waals surface area contributed by atoms with Crippen molar-refractivity contribution in [2.45, 2.75) is 25.2 Å². The average Bonchev–Trinajstić information content (AvgIpc) is 2.94. The van der Waals surface area contributed by atoms with E-state index >= 15 is 0 Å². The first kappa shape index (κ1) is 12.3. The molecule has 2 rings (SSSR count). The summed E-state index contributed by atoms with van der Waals surface area (Å²) in [4.78, 5) is 1.95. The van der Waals surface area contributed by atoms with Gasteiger partial charge in [0.2, 0.25) is 5.89 Å². The summed E-state index contributed by atoms with van der Waals surface area (Å²) in [7, 11) is 3.34. The average molecular weight is 242 g/mol. The standard InChI is InChI=1S/C10H18N4O3/c1-6(11)9-12-13-10(17-9)14-4-7(15-2)8(5-14)16-3/h6-8H,4-5,11H2,1-3H3. The topological polar surface area (TPSA) is 86.6 Å². The van der Waals surface area contributed by atoms with Gasteiger partial charge in [-0.3, -0.25) is 0 Å². The fourth-order valence-corrected chi connectivity index (χ4v) is 1.89. The van der Waals surface area contributed by atoms with E-state index in [4.69, 9.17) is 19.6 Å². The summed E-state index contributed by atoms with van der Waals surface area (Å²) in [6, 6.07) is 0.217. The molecule has 1 fully saturated rings. The van der Waals surface area contributed by atoms with Crippen molar-refractivity contribution in [3.8, 4) is 0 Å². The van der Waals surface area contributed by atoms with Crippen molar-refractivity contribution in [1.29, 1.82) is 0 Å². The third-order valence-electron chi connectivity index (χ3n) is 2.91. The number of hydrogen-bond donors (Lipinski definition) is 1. The van der Waals surface area contributed by atoms with Gasteiger partial charge in [0.25, 0.3) is 0 Å². The molecule has 7 heteroatoms. The van der Waals surface area contributed by atoms with E-state index in [0.717, 1.165) is 0 Å². The lowest BCUT2D eigenvalue weighted by molar-refractivity contribution is -0.00461. The molecule has 0 spiro atoms. The summed E-state index contributed by atoms with van der Waals surface area (Å²) in [6.45, 7) is 3.16. The Hall–Kier alpha value is -1.18. The molecule has 1 aliphatic rings. The van der Waals surface area contributed by atoms with E-state index in [1.807, 2.05) is 4.90 Å². The Balaban J connectivity index is 2.08. The highest BCUT2D eigenvalue weighted by atomic mass is 16.5. The molecule has 2 N–H and O–H groups in total. The fraction of sp³-hybridized carbons (Fsp3) is 0.800. The molecule has 0 aliphatic carbocycles. The molecule has 0 saturated carbocycles. The monoisotopic (exact) mass is 242 g/mol. The molecule has 1 aromatic rings. The molecule has 0 bridgehead atoms. The number of aromatic nitrogens is 2. The van der Waals surface area contributed by atoms with Crippen LogP contribution in [0.5, 0.6) is 0 Å². The normalized spacial score (nSPS) is 26.5. The molecule has 0 aromatic carbocycles. The van der Waals surface area contributed by atoms with E-state index in [0.29, 0.717) is 25.0 Å². The van der Waals surface area contributed by atoms with Crippen molar-refractivity contribution in [2.75, 3.05) is 32.2 Å². The zero-order valence-electron chi connectivity index (χ0n) is 10.3. The summed E-state index contributed by atoms with van der Waals surface area (Å²) in [5.41, 5.74) is 5.67. The van der Waals surface area contributed by atoms with Gasteiger partial charge in [0.1, 0.15) is 12.2 Å². The Morgan fingerprint density at radius 2 is 1.88 bits per heavy atom. The zero-order valence-corrected chi connectivity index (χ0v) is 10.3. The maximum Gasteiger partial charge on any atom is 0.318 e. The van der Waals surface area contributed by atoms with Gasteiger partial charge in [-0.25, -0.2) is 0 Å². The van der Waals surface area contributed by atoms with Gasteiger partial charge in [-0.15, -0.1) is 5.10 Å². The van der Waals surface area contributed by atoms with Crippen LogP contribution in [0.2, 0.25) is 0 Å². The van der Waals surface area contributed by atoms with Gasteiger partial charge in [-0.05, 0) is 6.92 Å². The first-order valence-corrected chi connectivity index (χ1v) is 5.55. The van der Waals surface area contributed by atoms with Crippen LogP contribution in [0.15, 0.2) is 4.42 Å².